The monoisotopic (exact) mass is 357 g/mol. The first kappa shape index (κ1) is 17.6. The molecule has 2 aromatic rings. The van der Waals surface area contributed by atoms with Gasteiger partial charge in [-0.05, 0) is 18.2 Å². The van der Waals surface area contributed by atoms with Crippen molar-refractivity contribution in [2.75, 3.05) is 36.5 Å². The molecule has 1 aromatic carbocycles. The number of nitro benzene ring substituents is 1. The smallest absolute Gasteiger partial charge is 0.293 e. The number of carbonyl (C=O) groups is 1. The lowest BCUT2D eigenvalue weighted by Crippen LogP contribution is -2.37. The molecular formula is C17H19N5O4. The molecule has 1 saturated heterocycles. The highest BCUT2D eigenvalue weighted by atomic mass is 16.6. The second kappa shape index (κ2) is 7.79. The Labute approximate surface area is 149 Å². The zero-order chi connectivity index (χ0) is 18.5. The molecule has 136 valence electrons. The molecule has 1 aliphatic rings. The minimum absolute atomic E-state index is 0.0950. The fraction of sp³-hybridized carbons (Fsp3) is 0.294. The van der Waals surface area contributed by atoms with Gasteiger partial charge in [0, 0.05) is 43.0 Å². The SMILES string of the molecule is NC(=O)c1ccc(NCc2cccnc2N2CCOCC2)c([N+](=O)[O-])c1. The summed E-state index contributed by atoms with van der Waals surface area (Å²) in [6.45, 7) is 3.14. The summed E-state index contributed by atoms with van der Waals surface area (Å²) in [6, 6.07) is 7.88. The van der Waals surface area contributed by atoms with Gasteiger partial charge in [0.05, 0.1) is 18.1 Å². The lowest BCUT2D eigenvalue weighted by Gasteiger charge is -2.29. The van der Waals surface area contributed by atoms with E-state index in [1.54, 1.807) is 6.20 Å². The van der Waals surface area contributed by atoms with Gasteiger partial charge in [-0.2, -0.15) is 0 Å². The van der Waals surface area contributed by atoms with Crippen molar-refractivity contribution in [3.05, 3.63) is 57.8 Å². The van der Waals surface area contributed by atoms with Crippen molar-refractivity contribution in [1.82, 2.24) is 4.98 Å². The van der Waals surface area contributed by atoms with E-state index in [1.165, 1.54) is 18.2 Å². The van der Waals surface area contributed by atoms with Gasteiger partial charge < -0.3 is 20.7 Å². The van der Waals surface area contributed by atoms with Crippen molar-refractivity contribution < 1.29 is 14.5 Å². The molecular weight excluding hydrogens is 338 g/mol. The number of primary amides is 1. The Bertz CT molecular complexity index is 821. The van der Waals surface area contributed by atoms with Crippen molar-refractivity contribution in [3.8, 4) is 0 Å². The number of nitrogens with one attached hydrogen (secondary N) is 1. The van der Waals surface area contributed by atoms with Crippen molar-refractivity contribution in [3.63, 3.8) is 0 Å². The normalized spacial score (nSPS) is 14.1. The summed E-state index contributed by atoms with van der Waals surface area (Å²) in [5, 5.41) is 14.4. The number of anilines is 2. The van der Waals surface area contributed by atoms with E-state index in [2.05, 4.69) is 15.2 Å². The maximum Gasteiger partial charge on any atom is 0.293 e. The molecule has 0 aliphatic carbocycles. The predicted molar refractivity (Wildman–Crippen MR) is 96.2 cm³/mol. The molecule has 0 radical (unpaired) electrons. The van der Waals surface area contributed by atoms with E-state index in [1.807, 2.05) is 12.1 Å². The van der Waals surface area contributed by atoms with Crippen LogP contribution in [0, 0.1) is 10.1 Å². The summed E-state index contributed by atoms with van der Waals surface area (Å²) in [5.74, 6) is 0.126. The molecule has 9 heteroatoms. The number of carbonyl (C=O) groups excluding carboxylic acids is 1. The highest BCUT2D eigenvalue weighted by Crippen LogP contribution is 2.27. The Morgan fingerprint density at radius 1 is 1.35 bits per heavy atom. The lowest BCUT2D eigenvalue weighted by molar-refractivity contribution is -0.384. The minimum atomic E-state index is -0.707. The van der Waals surface area contributed by atoms with E-state index in [-0.39, 0.29) is 11.3 Å². The number of morpholine rings is 1. The second-order valence-corrected chi connectivity index (χ2v) is 5.79. The maximum atomic E-state index is 11.3. The number of nitrogens with zero attached hydrogens (tertiary/aromatic N) is 3. The molecule has 1 aliphatic heterocycles. The van der Waals surface area contributed by atoms with Crippen LogP contribution in [0.5, 0.6) is 0 Å². The van der Waals surface area contributed by atoms with Crippen LogP contribution in [0.1, 0.15) is 15.9 Å². The number of nitro groups is 1. The third kappa shape index (κ3) is 3.89. The van der Waals surface area contributed by atoms with Crippen molar-refractivity contribution in [2.45, 2.75) is 6.54 Å². The Hall–Kier alpha value is -3.20. The largest absolute Gasteiger partial charge is 0.378 e. The number of amides is 1. The molecule has 9 nitrogen and oxygen atoms in total. The molecule has 26 heavy (non-hydrogen) atoms. The number of hydrogen-bond donors (Lipinski definition) is 2. The van der Waals surface area contributed by atoms with Crippen LogP contribution >= 0.6 is 0 Å². The quantitative estimate of drug-likeness (QED) is 0.593. The van der Waals surface area contributed by atoms with Crippen LogP contribution in [0.2, 0.25) is 0 Å². The molecule has 2 heterocycles. The highest BCUT2D eigenvalue weighted by Gasteiger charge is 2.19. The number of pyridine rings is 1. The number of hydrogen-bond acceptors (Lipinski definition) is 7. The van der Waals surface area contributed by atoms with Gasteiger partial charge in [-0.25, -0.2) is 4.98 Å². The number of ether oxygens (including phenoxy) is 1. The van der Waals surface area contributed by atoms with Gasteiger partial charge in [-0.1, -0.05) is 6.07 Å². The Kier molecular flexibility index (Phi) is 5.28. The third-order valence-corrected chi connectivity index (χ3v) is 4.13. The van der Waals surface area contributed by atoms with Gasteiger partial charge in [0.2, 0.25) is 5.91 Å². The van der Waals surface area contributed by atoms with Crippen LogP contribution in [-0.2, 0) is 11.3 Å². The second-order valence-electron chi connectivity index (χ2n) is 5.79. The number of nitrogens with two attached hydrogens (primary N) is 1. The fourth-order valence-electron chi connectivity index (χ4n) is 2.80. The average molecular weight is 357 g/mol. The fourth-order valence-corrected chi connectivity index (χ4v) is 2.80. The van der Waals surface area contributed by atoms with E-state index in [4.69, 9.17) is 10.5 Å². The van der Waals surface area contributed by atoms with Crippen LogP contribution in [0.15, 0.2) is 36.5 Å². The van der Waals surface area contributed by atoms with Crippen molar-refractivity contribution >= 4 is 23.1 Å². The maximum absolute atomic E-state index is 11.3. The summed E-state index contributed by atoms with van der Waals surface area (Å²) in [4.78, 5) is 28.6. The summed E-state index contributed by atoms with van der Waals surface area (Å²) in [7, 11) is 0. The predicted octanol–water partition coefficient (Wildman–Crippen LogP) is 1.54. The lowest BCUT2D eigenvalue weighted by atomic mass is 10.1. The van der Waals surface area contributed by atoms with E-state index in [0.29, 0.717) is 25.4 Å². The molecule has 3 rings (SSSR count). The molecule has 0 atom stereocenters. The molecule has 1 aromatic heterocycles. The average Bonchev–Trinajstić information content (AvgIpc) is 2.67. The molecule has 0 saturated carbocycles. The standard InChI is InChI=1S/C17H19N5O4/c18-16(23)12-3-4-14(15(10-12)22(24)25)20-11-13-2-1-5-19-17(13)21-6-8-26-9-7-21/h1-5,10,20H,6-9,11H2,(H2,18,23). The van der Waals surface area contributed by atoms with E-state index in [9.17, 15) is 14.9 Å². The van der Waals surface area contributed by atoms with Gasteiger partial charge in [-0.3, -0.25) is 14.9 Å². The van der Waals surface area contributed by atoms with Gasteiger partial charge in [0.1, 0.15) is 11.5 Å². The first-order chi connectivity index (χ1) is 12.6. The molecule has 0 unspecified atom stereocenters. The minimum Gasteiger partial charge on any atom is -0.378 e. The summed E-state index contributed by atoms with van der Waals surface area (Å²) in [6.07, 6.45) is 1.72. The number of aromatic nitrogens is 1. The van der Waals surface area contributed by atoms with Crippen molar-refractivity contribution in [2.24, 2.45) is 5.73 Å². The van der Waals surface area contributed by atoms with E-state index < -0.39 is 10.8 Å². The van der Waals surface area contributed by atoms with Crippen LogP contribution in [-0.4, -0.2) is 42.1 Å². The first-order valence-corrected chi connectivity index (χ1v) is 8.15. The van der Waals surface area contributed by atoms with Gasteiger partial charge in [0.25, 0.3) is 5.69 Å². The number of benzene rings is 1. The zero-order valence-electron chi connectivity index (χ0n) is 14.1. The van der Waals surface area contributed by atoms with Gasteiger partial charge >= 0.3 is 0 Å². The first-order valence-electron chi connectivity index (χ1n) is 8.15. The molecule has 0 spiro atoms. The third-order valence-electron chi connectivity index (χ3n) is 4.13. The summed E-state index contributed by atoms with van der Waals surface area (Å²) in [5.41, 5.74) is 6.33. The van der Waals surface area contributed by atoms with Gasteiger partial charge in [-0.15, -0.1) is 0 Å². The van der Waals surface area contributed by atoms with Crippen LogP contribution < -0.4 is 16.0 Å². The molecule has 1 fully saturated rings. The van der Waals surface area contributed by atoms with Crippen molar-refractivity contribution in [1.29, 1.82) is 0 Å². The van der Waals surface area contributed by atoms with E-state index >= 15 is 0 Å². The van der Waals surface area contributed by atoms with Crippen LogP contribution in [0.25, 0.3) is 0 Å². The van der Waals surface area contributed by atoms with Crippen LogP contribution in [0.4, 0.5) is 17.2 Å². The number of rotatable bonds is 6. The summed E-state index contributed by atoms with van der Waals surface area (Å²) >= 11 is 0. The Morgan fingerprint density at radius 2 is 2.12 bits per heavy atom. The summed E-state index contributed by atoms with van der Waals surface area (Å²) < 4.78 is 5.37. The Morgan fingerprint density at radius 3 is 2.81 bits per heavy atom. The zero-order valence-corrected chi connectivity index (χ0v) is 14.1. The van der Waals surface area contributed by atoms with Crippen LogP contribution in [0.3, 0.4) is 0 Å². The highest BCUT2D eigenvalue weighted by molar-refractivity contribution is 5.94. The van der Waals surface area contributed by atoms with E-state index in [0.717, 1.165) is 24.5 Å². The molecule has 1 amide bonds. The Balaban J connectivity index is 1.81. The van der Waals surface area contributed by atoms with Gasteiger partial charge in [0.15, 0.2) is 0 Å². The topological polar surface area (TPSA) is 124 Å². The molecule has 0 bridgehead atoms. The molecule has 3 N–H and O–H groups in total.